The lowest BCUT2D eigenvalue weighted by molar-refractivity contribution is -0.120. The van der Waals surface area contributed by atoms with Crippen LogP contribution in [0.25, 0.3) is 0 Å². The van der Waals surface area contributed by atoms with Crippen LogP contribution in [-0.2, 0) is 9.53 Å². The second-order valence-corrected chi connectivity index (χ2v) is 7.18. The van der Waals surface area contributed by atoms with Gasteiger partial charge in [0.05, 0.1) is 13.2 Å². The van der Waals surface area contributed by atoms with E-state index >= 15 is 0 Å². The van der Waals surface area contributed by atoms with Crippen LogP contribution in [0.3, 0.4) is 0 Å². The second kappa shape index (κ2) is 9.87. The normalized spacial score (nSPS) is 21.4. The number of ether oxygens (including phenoxy) is 1. The number of guanidine groups is 1. The molecule has 1 amide bonds. The van der Waals surface area contributed by atoms with Gasteiger partial charge >= 0.3 is 0 Å². The fourth-order valence-electron chi connectivity index (χ4n) is 4.12. The minimum absolute atomic E-state index is 0.0191. The lowest BCUT2D eigenvalue weighted by Gasteiger charge is -2.44. The van der Waals surface area contributed by atoms with Crippen LogP contribution in [0.2, 0.25) is 0 Å². The third-order valence-corrected chi connectivity index (χ3v) is 5.37. The van der Waals surface area contributed by atoms with E-state index in [1.165, 1.54) is 51.4 Å². The van der Waals surface area contributed by atoms with Gasteiger partial charge in [-0.05, 0) is 31.1 Å². The van der Waals surface area contributed by atoms with Crippen LogP contribution in [0.15, 0.2) is 4.99 Å². The Hall–Kier alpha value is -1.30. The summed E-state index contributed by atoms with van der Waals surface area (Å²) in [6.45, 7) is 3.46. The molecule has 0 atom stereocenters. The van der Waals surface area contributed by atoms with Crippen molar-refractivity contribution in [1.29, 1.82) is 0 Å². The number of amides is 1. The standard InChI is InChI=1S/C18H34N4O2/c1-19-17(21-14-16(23)20-11-13-24-2)22-12-7-10-18(15-22)8-5-3-4-6-9-18/h3-15H2,1-2H3,(H,19,21)(H,20,23). The van der Waals surface area contributed by atoms with Crippen LogP contribution in [0.5, 0.6) is 0 Å². The zero-order valence-corrected chi connectivity index (χ0v) is 15.4. The maximum atomic E-state index is 11.9. The predicted octanol–water partition coefficient (Wildman–Crippen LogP) is 1.76. The molecule has 2 aliphatic rings. The van der Waals surface area contributed by atoms with E-state index < -0.39 is 0 Å². The number of nitrogens with one attached hydrogen (secondary N) is 2. The Morgan fingerprint density at radius 1 is 1.12 bits per heavy atom. The van der Waals surface area contributed by atoms with Gasteiger partial charge in [0.15, 0.2) is 5.96 Å². The number of carbonyl (C=O) groups is 1. The minimum Gasteiger partial charge on any atom is -0.383 e. The fraction of sp³-hybridized carbons (Fsp3) is 0.889. The van der Waals surface area contributed by atoms with Crippen LogP contribution in [0.4, 0.5) is 0 Å². The van der Waals surface area contributed by atoms with Gasteiger partial charge in [-0.15, -0.1) is 0 Å². The molecule has 2 rings (SSSR count). The highest BCUT2D eigenvalue weighted by molar-refractivity contribution is 5.86. The van der Waals surface area contributed by atoms with E-state index in [-0.39, 0.29) is 12.5 Å². The van der Waals surface area contributed by atoms with Crippen LogP contribution < -0.4 is 10.6 Å². The van der Waals surface area contributed by atoms with E-state index in [1.807, 2.05) is 0 Å². The number of nitrogens with zero attached hydrogens (tertiary/aromatic N) is 2. The maximum absolute atomic E-state index is 11.9. The van der Waals surface area contributed by atoms with Gasteiger partial charge in [0.2, 0.25) is 5.91 Å². The van der Waals surface area contributed by atoms with Crippen molar-refractivity contribution >= 4 is 11.9 Å². The van der Waals surface area contributed by atoms with Crippen LogP contribution in [0.1, 0.15) is 51.4 Å². The van der Waals surface area contributed by atoms with Crippen LogP contribution in [-0.4, -0.2) is 63.7 Å². The Labute approximate surface area is 146 Å². The summed E-state index contributed by atoms with van der Waals surface area (Å²) in [4.78, 5) is 18.6. The average Bonchev–Trinajstić information content (AvgIpc) is 2.81. The summed E-state index contributed by atoms with van der Waals surface area (Å²) in [5, 5.41) is 6.06. The highest BCUT2D eigenvalue weighted by atomic mass is 16.5. The lowest BCUT2D eigenvalue weighted by atomic mass is 9.74. The Kier molecular flexibility index (Phi) is 7.82. The molecule has 0 aromatic rings. The maximum Gasteiger partial charge on any atom is 0.239 e. The number of rotatable bonds is 5. The number of aliphatic imine (C=N–C) groups is 1. The Morgan fingerprint density at radius 3 is 2.50 bits per heavy atom. The molecule has 1 aliphatic heterocycles. The SMILES string of the molecule is CN=C(NCC(=O)NCCOC)N1CCCC2(CCCCCC2)C1. The molecule has 1 heterocycles. The molecule has 2 N–H and O–H groups in total. The molecular formula is C18H34N4O2. The highest BCUT2D eigenvalue weighted by Crippen LogP contribution is 2.42. The lowest BCUT2D eigenvalue weighted by Crippen LogP contribution is -2.52. The van der Waals surface area contributed by atoms with Crippen molar-refractivity contribution in [3.05, 3.63) is 0 Å². The van der Waals surface area contributed by atoms with E-state index in [4.69, 9.17) is 4.74 Å². The molecule has 1 saturated heterocycles. The molecule has 1 aliphatic carbocycles. The first-order valence-corrected chi connectivity index (χ1v) is 9.40. The van der Waals surface area contributed by atoms with Crippen LogP contribution >= 0.6 is 0 Å². The first-order valence-electron chi connectivity index (χ1n) is 9.40. The van der Waals surface area contributed by atoms with Crippen molar-refractivity contribution < 1.29 is 9.53 Å². The molecule has 1 spiro atoms. The summed E-state index contributed by atoms with van der Waals surface area (Å²) < 4.78 is 4.94. The quantitative estimate of drug-likeness (QED) is 0.455. The van der Waals surface area contributed by atoms with Crippen molar-refractivity contribution in [2.24, 2.45) is 10.4 Å². The van der Waals surface area contributed by atoms with E-state index in [2.05, 4.69) is 20.5 Å². The molecular weight excluding hydrogens is 304 g/mol. The van der Waals surface area contributed by atoms with Crippen molar-refractivity contribution in [1.82, 2.24) is 15.5 Å². The van der Waals surface area contributed by atoms with Gasteiger partial charge in [0.25, 0.3) is 0 Å². The Bertz CT molecular complexity index is 417. The molecule has 6 heteroatoms. The molecule has 0 aromatic carbocycles. The molecule has 0 bridgehead atoms. The fourth-order valence-corrected chi connectivity index (χ4v) is 4.12. The molecule has 0 aromatic heterocycles. The average molecular weight is 338 g/mol. The van der Waals surface area contributed by atoms with Gasteiger partial charge in [-0.1, -0.05) is 25.7 Å². The van der Waals surface area contributed by atoms with Gasteiger partial charge < -0.3 is 20.3 Å². The first kappa shape index (κ1) is 19.0. The zero-order chi connectivity index (χ0) is 17.3. The number of likely N-dealkylation sites (tertiary alicyclic amines) is 1. The summed E-state index contributed by atoms with van der Waals surface area (Å²) in [6.07, 6.45) is 10.8. The number of hydrogen-bond acceptors (Lipinski definition) is 3. The van der Waals surface area contributed by atoms with Crippen molar-refractivity contribution in [2.45, 2.75) is 51.4 Å². The largest absolute Gasteiger partial charge is 0.383 e. The van der Waals surface area contributed by atoms with Gasteiger partial charge in [-0.25, -0.2) is 0 Å². The molecule has 6 nitrogen and oxygen atoms in total. The molecule has 138 valence electrons. The number of methoxy groups -OCH3 is 1. The van der Waals surface area contributed by atoms with E-state index in [0.717, 1.165) is 19.0 Å². The molecule has 24 heavy (non-hydrogen) atoms. The Balaban J connectivity index is 1.84. The summed E-state index contributed by atoms with van der Waals surface area (Å²) in [5.74, 6) is 0.842. The van der Waals surface area contributed by atoms with Gasteiger partial charge in [0, 0.05) is 33.8 Å². The summed E-state index contributed by atoms with van der Waals surface area (Å²) in [6, 6.07) is 0. The Morgan fingerprint density at radius 2 is 1.83 bits per heavy atom. The smallest absolute Gasteiger partial charge is 0.239 e. The molecule has 1 saturated carbocycles. The monoisotopic (exact) mass is 338 g/mol. The van der Waals surface area contributed by atoms with Crippen LogP contribution in [0, 0.1) is 5.41 Å². The van der Waals surface area contributed by atoms with Crippen molar-refractivity contribution in [3.63, 3.8) is 0 Å². The topological polar surface area (TPSA) is 66.0 Å². The number of hydrogen-bond donors (Lipinski definition) is 2. The van der Waals surface area contributed by atoms with E-state index in [9.17, 15) is 4.79 Å². The van der Waals surface area contributed by atoms with Crippen molar-refractivity contribution in [3.8, 4) is 0 Å². The summed E-state index contributed by atoms with van der Waals surface area (Å²) >= 11 is 0. The predicted molar refractivity (Wildman–Crippen MR) is 97.2 cm³/mol. The highest BCUT2D eigenvalue weighted by Gasteiger charge is 2.36. The van der Waals surface area contributed by atoms with Gasteiger partial charge in [-0.2, -0.15) is 0 Å². The number of carbonyl (C=O) groups excluding carboxylic acids is 1. The van der Waals surface area contributed by atoms with Gasteiger partial charge in [-0.3, -0.25) is 9.79 Å². The molecule has 2 fully saturated rings. The van der Waals surface area contributed by atoms with E-state index in [1.54, 1.807) is 14.2 Å². The van der Waals surface area contributed by atoms with Crippen molar-refractivity contribution in [2.75, 3.05) is 46.9 Å². The summed E-state index contributed by atoms with van der Waals surface area (Å²) in [7, 11) is 3.44. The summed E-state index contributed by atoms with van der Waals surface area (Å²) in [5.41, 5.74) is 0.465. The molecule has 0 radical (unpaired) electrons. The second-order valence-electron chi connectivity index (χ2n) is 7.18. The first-order chi connectivity index (χ1) is 11.7. The van der Waals surface area contributed by atoms with Gasteiger partial charge in [0.1, 0.15) is 0 Å². The molecule has 0 unspecified atom stereocenters. The zero-order valence-electron chi connectivity index (χ0n) is 15.4. The third kappa shape index (κ3) is 5.65. The van der Waals surface area contributed by atoms with E-state index in [0.29, 0.717) is 18.6 Å². The minimum atomic E-state index is -0.0191. The third-order valence-electron chi connectivity index (χ3n) is 5.37. The number of piperidine rings is 1.